The second-order valence-corrected chi connectivity index (χ2v) is 7.75. The predicted octanol–water partition coefficient (Wildman–Crippen LogP) is 4.67. The Morgan fingerprint density at radius 3 is 2.46 bits per heavy atom. The molecule has 3 nitrogen and oxygen atoms in total. The van der Waals surface area contributed by atoms with E-state index in [-0.39, 0.29) is 0 Å². The van der Waals surface area contributed by atoms with Crippen molar-refractivity contribution >= 4 is 12.4 Å². The maximum absolute atomic E-state index is 6.11. The zero-order valence-electron chi connectivity index (χ0n) is 16.6. The van der Waals surface area contributed by atoms with Gasteiger partial charge < -0.3 is 9.64 Å². The summed E-state index contributed by atoms with van der Waals surface area (Å²) in [5, 5.41) is 0. The number of rotatable bonds is 5. The molecule has 1 aliphatic rings. The number of ether oxygens (including phenoxy) is 1. The number of hydrogen-bond acceptors (Lipinski definition) is 2. The number of hydrogen-bond donors (Lipinski definition) is 0. The summed E-state index contributed by atoms with van der Waals surface area (Å²) in [7, 11) is 4.19. The first-order chi connectivity index (χ1) is 12.4. The summed E-state index contributed by atoms with van der Waals surface area (Å²) < 4.78 is 8.04. The summed E-state index contributed by atoms with van der Waals surface area (Å²) in [6.45, 7) is 11.5. The molecule has 0 N–H and O–H groups in total. The molecule has 1 aliphatic heterocycles. The molecule has 2 aromatic rings. The van der Waals surface area contributed by atoms with Gasteiger partial charge in [0.1, 0.15) is 19.5 Å². The van der Waals surface area contributed by atoms with Crippen molar-refractivity contribution in [3.8, 4) is 16.9 Å². The quantitative estimate of drug-likeness (QED) is 0.575. The van der Waals surface area contributed by atoms with E-state index in [9.17, 15) is 0 Å². The normalized spacial score (nSPS) is 15.8. The van der Waals surface area contributed by atoms with Crippen LogP contribution in [0.1, 0.15) is 24.0 Å². The molecule has 0 aliphatic carbocycles. The average Bonchev–Trinajstić information content (AvgIpc) is 2.61. The molecule has 0 bridgehead atoms. The first-order valence-electron chi connectivity index (χ1n) is 9.51. The Bertz CT molecular complexity index is 789. The Kier molecular flexibility index (Phi) is 5.77. The van der Waals surface area contributed by atoms with Crippen LogP contribution in [0.2, 0.25) is 0 Å². The summed E-state index contributed by atoms with van der Waals surface area (Å²) in [4.78, 5) is 2.40. The van der Waals surface area contributed by atoms with Gasteiger partial charge in [-0.2, -0.15) is 0 Å². The van der Waals surface area contributed by atoms with Crippen LogP contribution in [0.4, 0.5) is 5.69 Å². The van der Waals surface area contributed by atoms with Gasteiger partial charge in [-0.3, -0.25) is 0 Å². The van der Waals surface area contributed by atoms with E-state index >= 15 is 0 Å². The number of likely N-dealkylation sites (tertiary alicyclic amines) is 1. The Morgan fingerprint density at radius 2 is 1.81 bits per heavy atom. The van der Waals surface area contributed by atoms with Crippen LogP contribution in [0.25, 0.3) is 11.1 Å². The van der Waals surface area contributed by atoms with E-state index in [0.29, 0.717) is 5.92 Å². The highest BCUT2D eigenvalue weighted by atomic mass is 16.5. The smallest absolute Gasteiger partial charge is 0.212 e. The lowest BCUT2D eigenvalue weighted by atomic mass is 9.96. The first kappa shape index (κ1) is 18.7. The predicted molar refractivity (Wildman–Crippen MR) is 110 cm³/mol. The van der Waals surface area contributed by atoms with E-state index in [2.05, 4.69) is 68.9 Å². The van der Waals surface area contributed by atoms with Gasteiger partial charge in [-0.1, -0.05) is 17.7 Å². The highest BCUT2D eigenvalue weighted by Crippen LogP contribution is 2.34. The van der Waals surface area contributed by atoms with Crippen molar-refractivity contribution in [1.29, 1.82) is 0 Å². The minimum atomic E-state index is 0.675. The van der Waals surface area contributed by atoms with Gasteiger partial charge in [0.05, 0.1) is 12.2 Å². The monoisotopic (exact) mass is 351 g/mol. The summed E-state index contributed by atoms with van der Waals surface area (Å²) >= 11 is 0. The number of aryl methyl sites for hydroxylation is 2. The van der Waals surface area contributed by atoms with Gasteiger partial charge in [0.2, 0.25) is 5.69 Å². The summed E-state index contributed by atoms with van der Waals surface area (Å²) in [5.74, 6) is 1.65. The lowest BCUT2D eigenvalue weighted by Gasteiger charge is -2.28. The first-order valence-corrected chi connectivity index (χ1v) is 9.51. The van der Waals surface area contributed by atoms with Crippen molar-refractivity contribution in [2.45, 2.75) is 26.7 Å². The second-order valence-electron chi connectivity index (χ2n) is 7.75. The number of benzene rings is 2. The highest BCUT2D eigenvalue weighted by Gasteiger charge is 2.18. The summed E-state index contributed by atoms with van der Waals surface area (Å²) in [5.41, 5.74) is 6.10. The molecule has 0 saturated carbocycles. The molecule has 3 heteroatoms. The standard InChI is InChI=1S/C23H31N2O/c1-17-6-9-23(24(3)4)22(14-17)21-8-7-20(15-18(21)2)26-16-19-10-12-25(5)13-11-19/h6-9,14-15,19H,3,10-13,16H2,1-2,4-5H3/q+1. The van der Waals surface area contributed by atoms with Crippen molar-refractivity contribution in [1.82, 2.24) is 4.90 Å². The second kappa shape index (κ2) is 8.05. The third-order valence-electron chi connectivity index (χ3n) is 5.38. The fourth-order valence-electron chi connectivity index (χ4n) is 3.67. The van der Waals surface area contributed by atoms with Crippen LogP contribution in [-0.4, -0.2) is 50.0 Å². The summed E-state index contributed by atoms with van der Waals surface area (Å²) in [6.07, 6.45) is 2.46. The maximum atomic E-state index is 6.11. The summed E-state index contributed by atoms with van der Waals surface area (Å²) in [6, 6.07) is 13.0. The molecule has 0 aromatic heterocycles. The molecule has 2 aromatic carbocycles. The van der Waals surface area contributed by atoms with Crippen molar-refractivity contribution in [3.63, 3.8) is 0 Å². The topological polar surface area (TPSA) is 15.5 Å². The van der Waals surface area contributed by atoms with Crippen LogP contribution in [0.5, 0.6) is 5.75 Å². The molecule has 1 heterocycles. The largest absolute Gasteiger partial charge is 0.493 e. The fourth-order valence-corrected chi connectivity index (χ4v) is 3.67. The van der Waals surface area contributed by atoms with Crippen LogP contribution >= 0.6 is 0 Å². The Labute approximate surface area is 157 Å². The Balaban J connectivity index is 1.76. The van der Waals surface area contributed by atoms with Crippen molar-refractivity contribution in [2.24, 2.45) is 5.92 Å². The molecule has 26 heavy (non-hydrogen) atoms. The van der Waals surface area contributed by atoms with Crippen molar-refractivity contribution in [2.75, 3.05) is 33.8 Å². The van der Waals surface area contributed by atoms with Crippen molar-refractivity contribution < 1.29 is 9.31 Å². The Hall–Kier alpha value is -2.13. The van der Waals surface area contributed by atoms with Crippen LogP contribution in [-0.2, 0) is 0 Å². The lowest BCUT2D eigenvalue weighted by Crippen LogP contribution is -2.32. The minimum Gasteiger partial charge on any atom is -0.493 e. The minimum absolute atomic E-state index is 0.675. The molecule has 3 rings (SSSR count). The Morgan fingerprint density at radius 1 is 1.08 bits per heavy atom. The third-order valence-corrected chi connectivity index (χ3v) is 5.38. The van der Waals surface area contributed by atoms with Crippen LogP contribution in [0, 0.1) is 19.8 Å². The van der Waals surface area contributed by atoms with E-state index < -0.39 is 0 Å². The van der Waals surface area contributed by atoms with E-state index in [1.165, 1.54) is 48.2 Å². The highest BCUT2D eigenvalue weighted by molar-refractivity contribution is 5.77. The molecule has 1 fully saturated rings. The van der Waals surface area contributed by atoms with E-state index in [4.69, 9.17) is 4.74 Å². The van der Waals surface area contributed by atoms with Crippen molar-refractivity contribution in [3.05, 3.63) is 47.5 Å². The van der Waals surface area contributed by atoms with Gasteiger partial charge in [0, 0.05) is 6.07 Å². The zero-order valence-corrected chi connectivity index (χ0v) is 16.6. The van der Waals surface area contributed by atoms with E-state index in [1.807, 2.05) is 11.6 Å². The molecule has 138 valence electrons. The lowest BCUT2D eigenvalue weighted by molar-refractivity contribution is -0.394. The van der Waals surface area contributed by atoms with Crippen LogP contribution < -0.4 is 4.74 Å². The number of nitrogens with zero attached hydrogens (tertiary/aromatic N) is 2. The molecule has 0 radical (unpaired) electrons. The molecular formula is C23H31N2O+. The molecule has 0 atom stereocenters. The molecule has 0 amide bonds. The van der Waals surface area contributed by atoms with Gasteiger partial charge in [0.25, 0.3) is 0 Å². The average molecular weight is 352 g/mol. The van der Waals surface area contributed by atoms with Gasteiger partial charge in [-0.05, 0) is 82.1 Å². The molecule has 0 unspecified atom stereocenters. The van der Waals surface area contributed by atoms with Gasteiger partial charge in [-0.25, -0.2) is 4.58 Å². The SMILES string of the molecule is C=[N+](C)c1ccc(C)cc1-c1ccc(OCC2CCN(C)CC2)cc1C. The zero-order chi connectivity index (χ0) is 18.7. The van der Waals surface area contributed by atoms with E-state index in [0.717, 1.165) is 18.0 Å². The number of piperidine rings is 1. The fraction of sp³-hybridized carbons (Fsp3) is 0.435. The van der Waals surface area contributed by atoms with Gasteiger partial charge in [-0.15, -0.1) is 0 Å². The maximum Gasteiger partial charge on any atom is 0.212 e. The van der Waals surface area contributed by atoms with Crippen LogP contribution in [0.3, 0.4) is 0 Å². The van der Waals surface area contributed by atoms with Gasteiger partial charge >= 0.3 is 0 Å². The molecule has 0 spiro atoms. The molecular weight excluding hydrogens is 320 g/mol. The molecule has 1 saturated heterocycles. The van der Waals surface area contributed by atoms with Crippen LogP contribution in [0.15, 0.2) is 36.4 Å². The van der Waals surface area contributed by atoms with E-state index in [1.54, 1.807) is 0 Å². The van der Waals surface area contributed by atoms with Gasteiger partial charge in [0.15, 0.2) is 0 Å². The third kappa shape index (κ3) is 4.34.